The van der Waals surface area contributed by atoms with E-state index < -0.39 is 36.7 Å². The minimum Gasteiger partial charge on any atom is -0.829 e. The number of fused-ring (bicyclic) bond motifs is 4. The Hall–Kier alpha value is -3.11. The van der Waals surface area contributed by atoms with Crippen LogP contribution in [0.5, 0.6) is 0 Å². The summed E-state index contributed by atoms with van der Waals surface area (Å²) < 4.78 is 10.7. The summed E-state index contributed by atoms with van der Waals surface area (Å²) in [5.74, 6) is -1.56. The zero-order chi connectivity index (χ0) is 25.9. The number of benzene rings is 2. The van der Waals surface area contributed by atoms with Gasteiger partial charge in [0.2, 0.25) is 0 Å². The maximum absolute atomic E-state index is 10.7. The van der Waals surface area contributed by atoms with E-state index in [4.69, 9.17) is 25.2 Å². The first-order valence-corrected chi connectivity index (χ1v) is 12.3. The monoisotopic (exact) mass is 503 g/mol. The molecule has 4 N–H and O–H groups in total. The number of carboxylic acids is 1. The SMILES string of the molecule is C1=CC23CC=C4c5ccc6ccccc6c5C=CC4(OC2)C3=CC1.O=C(O)[C@H]1O[C@@H]([O-])[C@H](O)[C@@H](O)[C@@H]1O. The Bertz CT molecular complexity index is 1390. The molecule has 2 aromatic carbocycles. The first kappa shape index (κ1) is 24.2. The van der Waals surface area contributed by atoms with Crippen LogP contribution in [0.1, 0.15) is 24.0 Å². The number of aliphatic hydroxyl groups is 3. The van der Waals surface area contributed by atoms with Crippen LogP contribution >= 0.6 is 0 Å². The second-order valence-electron chi connectivity index (χ2n) is 10.1. The molecule has 2 unspecified atom stereocenters. The van der Waals surface area contributed by atoms with E-state index in [1.807, 2.05) is 0 Å². The van der Waals surface area contributed by atoms with E-state index in [0.29, 0.717) is 0 Å². The van der Waals surface area contributed by atoms with Crippen LogP contribution in [-0.4, -0.2) is 69.3 Å². The molecule has 5 aliphatic rings. The van der Waals surface area contributed by atoms with E-state index >= 15 is 0 Å². The van der Waals surface area contributed by atoms with Crippen LogP contribution in [0, 0.1) is 5.41 Å². The molecule has 1 spiro atoms. The minimum absolute atomic E-state index is 0.0977. The normalized spacial score (nSPS) is 36.9. The van der Waals surface area contributed by atoms with Gasteiger partial charge in [-0.1, -0.05) is 66.8 Å². The number of aliphatic carboxylic acids is 1. The molecular formula is C29H27O8-. The summed E-state index contributed by atoms with van der Waals surface area (Å²) in [4.78, 5) is 10.3. The second kappa shape index (κ2) is 8.73. The van der Waals surface area contributed by atoms with Crippen molar-refractivity contribution in [2.75, 3.05) is 6.61 Å². The number of hydrogen-bond donors (Lipinski definition) is 4. The molecule has 2 aliphatic heterocycles. The highest BCUT2D eigenvalue weighted by atomic mass is 16.6. The predicted octanol–water partition coefficient (Wildman–Crippen LogP) is 1.53. The third-order valence-corrected chi connectivity index (χ3v) is 8.02. The molecule has 7 atom stereocenters. The van der Waals surface area contributed by atoms with Gasteiger partial charge >= 0.3 is 5.97 Å². The number of aliphatic hydroxyl groups excluding tert-OH is 3. The number of ether oxygens (including phenoxy) is 2. The summed E-state index contributed by atoms with van der Waals surface area (Å²) in [6.45, 7) is 0.794. The van der Waals surface area contributed by atoms with Gasteiger partial charge in [0, 0.05) is 11.7 Å². The summed E-state index contributed by atoms with van der Waals surface area (Å²) in [6, 6.07) is 13.2. The lowest BCUT2D eigenvalue weighted by atomic mass is 9.62. The van der Waals surface area contributed by atoms with E-state index in [9.17, 15) is 9.90 Å². The van der Waals surface area contributed by atoms with Crippen LogP contribution in [0.4, 0.5) is 0 Å². The molecular weight excluding hydrogens is 476 g/mol. The summed E-state index contributed by atoms with van der Waals surface area (Å²) in [7, 11) is 0. The molecule has 0 aromatic heterocycles. The molecule has 2 saturated heterocycles. The summed E-state index contributed by atoms with van der Waals surface area (Å²) in [5.41, 5.74) is 5.24. The van der Waals surface area contributed by atoms with Crippen LogP contribution in [-0.2, 0) is 14.3 Å². The van der Waals surface area contributed by atoms with Gasteiger partial charge < -0.3 is 35.0 Å². The van der Waals surface area contributed by atoms with Crippen LogP contribution in [0.15, 0.2) is 72.4 Å². The zero-order valence-electron chi connectivity index (χ0n) is 19.9. The second-order valence-corrected chi connectivity index (χ2v) is 10.1. The van der Waals surface area contributed by atoms with Crippen molar-refractivity contribution < 1.29 is 39.8 Å². The summed E-state index contributed by atoms with van der Waals surface area (Å²) >= 11 is 0. The molecule has 192 valence electrons. The summed E-state index contributed by atoms with van der Waals surface area (Å²) in [5, 5.41) is 48.7. The third kappa shape index (κ3) is 3.56. The lowest BCUT2D eigenvalue weighted by Gasteiger charge is -2.42. The fourth-order valence-corrected chi connectivity index (χ4v) is 6.14. The van der Waals surface area contributed by atoms with E-state index in [1.165, 1.54) is 33.0 Å². The van der Waals surface area contributed by atoms with Crippen LogP contribution < -0.4 is 5.11 Å². The van der Waals surface area contributed by atoms with Crippen molar-refractivity contribution in [2.45, 2.75) is 49.1 Å². The molecule has 7 rings (SSSR count). The molecule has 8 heteroatoms. The fourth-order valence-electron chi connectivity index (χ4n) is 6.14. The van der Waals surface area contributed by atoms with Gasteiger partial charge in [-0.3, -0.25) is 0 Å². The number of rotatable bonds is 1. The molecule has 0 saturated carbocycles. The predicted molar refractivity (Wildman–Crippen MR) is 133 cm³/mol. The van der Waals surface area contributed by atoms with Crippen LogP contribution in [0.3, 0.4) is 0 Å². The minimum atomic E-state index is -2.06. The van der Waals surface area contributed by atoms with Gasteiger partial charge in [0.1, 0.15) is 17.8 Å². The Kier molecular flexibility index (Phi) is 5.72. The Morgan fingerprint density at radius 3 is 2.62 bits per heavy atom. The maximum atomic E-state index is 10.7. The molecule has 2 fully saturated rings. The van der Waals surface area contributed by atoms with Crippen LogP contribution in [0.25, 0.3) is 22.4 Å². The highest BCUT2D eigenvalue weighted by Gasteiger charge is 2.57. The van der Waals surface area contributed by atoms with Gasteiger partial charge in [-0.2, -0.15) is 0 Å². The highest BCUT2D eigenvalue weighted by molar-refractivity contribution is 6.01. The van der Waals surface area contributed by atoms with Gasteiger partial charge in [-0.25, -0.2) is 4.79 Å². The van der Waals surface area contributed by atoms with Crippen molar-refractivity contribution in [1.29, 1.82) is 0 Å². The average molecular weight is 504 g/mol. The van der Waals surface area contributed by atoms with E-state index in [0.717, 1.165) is 19.4 Å². The number of carboxylic acid groups (broad SMARTS) is 1. The highest BCUT2D eigenvalue weighted by Crippen LogP contribution is 2.61. The Morgan fingerprint density at radius 1 is 1.00 bits per heavy atom. The molecule has 8 nitrogen and oxygen atoms in total. The van der Waals surface area contributed by atoms with Crippen molar-refractivity contribution in [3.63, 3.8) is 0 Å². The molecule has 3 aliphatic carbocycles. The van der Waals surface area contributed by atoms with Crippen molar-refractivity contribution in [1.82, 2.24) is 0 Å². The Morgan fingerprint density at radius 2 is 1.81 bits per heavy atom. The van der Waals surface area contributed by atoms with Gasteiger partial charge in [-0.15, -0.1) is 0 Å². The smallest absolute Gasteiger partial charge is 0.335 e. The van der Waals surface area contributed by atoms with E-state index in [2.05, 4.69) is 77.6 Å². The lowest BCUT2D eigenvalue weighted by molar-refractivity contribution is -0.529. The Labute approximate surface area is 213 Å². The first-order valence-electron chi connectivity index (χ1n) is 12.3. The van der Waals surface area contributed by atoms with Gasteiger partial charge in [0.15, 0.2) is 6.10 Å². The van der Waals surface area contributed by atoms with Gasteiger partial charge in [0.05, 0.1) is 12.7 Å². The maximum Gasteiger partial charge on any atom is 0.335 e. The zero-order valence-corrected chi connectivity index (χ0v) is 19.9. The van der Waals surface area contributed by atoms with E-state index in [-0.39, 0.29) is 11.0 Å². The number of allylic oxidation sites excluding steroid dienone is 3. The quantitative estimate of drug-likeness (QED) is 0.430. The molecule has 37 heavy (non-hydrogen) atoms. The molecule has 2 bridgehead atoms. The molecule has 2 heterocycles. The lowest BCUT2D eigenvalue weighted by Crippen LogP contribution is -2.63. The summed E-state index contributed by atoms with van der Waals surface area (Å²) in [6.07, 6.45) is 6.91. The van der Waals surface area contributed by atoms with Crippen molar-refractivity contribution in [3.05, 3.63) is 83.5 Å². The Balaban J connectivity index is 0.000000166. The fraction of sp³-hybridized carbons (Fsp3) is 0.345. The van der Waals surface area contributed by atoms with Gasteiger partial charge in [0.25, 0.3) is 0 Å². The number of carbonyl (C=O) groups is 1. The van der Waals surface area contributed by atoms with Crippen molar-refractivity contribution in [3.8, 4) is 0 Å². The largest absolute Gasteiger partial charge is 0.829 e. The van der Waals surface area contributed by atoms with Crippen molar-refractivity contribution >= 4 is 28.4 Å². The third-order valence-electron chi connectivity index (χ3n) is 8.02. The first-order chi connectivity index (χ1) is 17.8. The van der Waals surface area contributed by atoms with E-state index in [1.54, 1.807) is 0 Å². The van der Waals surface area contributed by atoms with Crippen LogP contribution in [0.2, 0.25) is 0 Å². The topological polar surface area (TPSA) is 140 Å². The number of hydrogen-bond acceptors (Lipinski definition) is 7. The standard InChI is InChI=1S/C23H18O.C6H9O7/c1-2-6-17-16(5-1)8-9-19-18(17)10-14-23-20(19)11-13-22(15-24-23)12-4-3-7-21(22)23;7-1-2(8)4(5(10)11)13-6(12)3(1)9/h1-2,4-12,14H,3,13,15H2;1-4,6-9H,(H,10,11)/q;-1/t;1-,2-,3+,4-,6+/m.0/s1. The van der Waals surface area contributed by atoms with Crippen molar-refractivity contribution in [2.24, 2.45) is 5.41 Å². The van der Waals surface area contributed by atoms with Gasteiger partial charge in [-0.05, 0) is 52.0 Å². The molecule has 2 aromatic rings. The average Bonchev–Trinajstić information content (AvgIpc) is 3.14. The molecule has 0 radical (unpaired) electrons. The molecule has 0 amide bonds.